The average Bonchev–Trinajstić information content (AvgIpc) is 3.36. The third kappa shape index (κ3) is 6.95. The van der Waals surface area contributed by atoms with Gasteiger partial charge in [-0.2, -0.15) is 0 Å². The van der Waals surface area contributed by atoms with E-state index in [2.05, 4.69) is 20.1 Å². The van der Waals surface area contributed by atoms with Crippen LogP contribution in [0.25, 0.3) is 0 Å². The zero-order valence-electron chi connectivity index (χ0n) is 19.5. The van der Waals surface area contributed by atoms with Crippen LogP contribution in [-0.4, -0.2) is 97.2 Å². The van der Waals surface area contributed by atoms with Gasteiger partial charge in [-0.3, -0.25) is 14.7 Å². The number of amides is 1. The molecule has 2 fully saturated rings. The Morgan fingerprint density at radius 1 is 1.09 bits per heavy atom. The lowest BCUT2D eigenvalue weighted by molar-refractivity contribution is -0.135. The van der Waals surface area contributed by atoms with E-state index in [4.69, 9.17) is 4.74 Å². The van der Waals surface area contributed by atoms with E-state index in [0.29, 0.717) is 6.54 Å². The zero-order chi connectivity index (χ0) is 22.2. The maximum absolute atomic E-state index is 12.7. The summed E-state index contributed by atoms with van der Waals surface area (Å²) in [5, 5.41) is 13.9. The van der Waals surface area contributed by atoms with Crippen molar-refractivity contribution in [3.05, 3.63) is 29.8 Å². The maximum atomic E-state index is 12.7. The number of benzene rings is 1. The molecule has 2 N–H and O–H groups in total. The molecule has 0 radical (unpaired) electrons. The summed E-state index contributed by atoms with van der Waals surface area (Å²) in [4.78, 5) is 23.9. The van der Waals surface area contributed by atoms with Crippen LogP contribution in [0, 0.1) is 0 Å². The fourth-order valence-electron chi connectivity index (χ4n) is 4.21. The van der Waals surface area contributed by atoms with E-state index in [9.17, 15) is 9.90 Å². The zero-order valence-corrected chi connectivity index (χ0v) is 21.8. The van der Waals surface area contributed by atoms with Crippen LogP contribution in [0.5, 0.6) is 5.75 Å². The topological polar surface area (TPSA) is 80.6 Å². The average molecular weight is 559 g/mol. The highest BCUT2D eigenvalue weighted by Crippen LogP contribution is 2.18. The molecule has 0 saturated carbocycles. The third-order valence-electron chi connectivity index (χ3n) is 6.19. The molecular formula is C23H38IN5O3. The molecular weight excluding hydrogens is 521 g/mol. The van der Waals surface area contributed by atoms with Crippen molar-refractivity contribution in [1.29, 1.82) is 0 Å². The second-order valence-electron chi connectivity index (χ2n) is 8.21. The minimum absolute atomic E-state index is 0. The van der Waals surface area contributed by atoms with Crippen LogP contribution in [0.4, 0.5) is 0 Å². The van der Waals surface area contributed by atoms with Crippen LogP contribution in [0.1, 0.15) is 38.4 Å². The van der Waals surface area contributed by atoms with E-state index < -0.39 is 6.10 Å². The molecule has 1 aromatic rings. The summed E-state index contributed by atoms with van der Waals surface area (Å²) in [6.45, 7) is 10.2. The molecule has 3 rings (SSSR count). The molecule has 1 aromatic carbocycles. The van der Waals surface area contributed by atoms with E-state index in [0.717, 1.165) is 75.9 Å². The Balaban J connectivity index is 0.00000363. The van der Waals surface area contributed by atoms with Crippen LogP contribution < -0.4 is 10.1 Å². The Labute approximate surface area is 209 Å². The number of guanidine groups is 1. The molecule has 32 heavy (non-hydrogen) atoms. The molecule has 9 heteroatoms. The van der Waals surface area contributed by atoms with Crippen molar-refractivity contribution in [2.24, 2.45) is 4.99 Å². The lowest BCUT2D eigenvalue weighted by atomic mass is 10.1. The number of methoxy groups -OCH3 is 1. The van der Waals surface area contributed by atoms with Gasteiger partial charge in [0.2, 0.25) is 5.91 Å². The number of piperazine rings is 1. The lowest BCUT2D eigenvalue weighted by Gasteiger charge is -2.39. The molecule has 2 saturated heterocycles. The van der Waals surface area contributed by atoms with E-state index in [1.807, 2.05) is 43.0 Å². The van der Waals surface area contributed by atoms with Gasteiger partial charge in [-0.1, -0.05) is 12.1 Å². The minimum Gasteiger partial charge on any atom is -0.497 e. The number of carbonyl (C=O) groups is 1. The van der Waals surface area contributed by atoms with Gasteiger partial charge in [0.15, 0.2) is 5.96 Å². The number of nitrogens with zero attached hydrogens (tertiary/aromatic N) is 4. The van der Waals surface area contributed by atoms with Crippen LogP contribution >= 0.6 is 24.0 Å². The number of nitrogens with one attached hydrogen (secondary N) is 1. The summed E-state index contributed by atoms with van der Waals surface area (Å²) in [6, 6.07) is 7.35. The van der Waals surface area contributed by atoms with Crippen molar-refractivity contribution in [2.45, 2.75) is 38.8 Å². The predicted octanol–water partition coefficient (Wildman–Crippen LogP) is 1.94. The number of ether oxygens (including phenoxy) is 1. The summed E-state index contributed by atoms with van der Waals surface area (Å²) in [5.74, 6) is 1.84. The third-order valence-corrected chi connectivity index (χ3v) is 6.19. The summed E-state index contributed by atoms with van der Waals surface area (Å²) in [7, 11) is 1.63. The van der Waals surface area contributed by atoms with Crippen molar-refractivity contribution >= 4 is 35.8 Å². The quantitative estimate of drug-likeness (QED) is 0.302. The van der Waals surface area contributed by atoms with Crippen molar-refractivity contribution < 1.29 is 14.6 Å². The first-order chi connectivity index (χ1) is 15.0. The van der Waals surface area contributed by atoms with Crippen LogP contribution in [0.2, 0.25) is 0 Å². The smallest absolute Gasteiger partial charge is 0.239 e. The summed E-state index contributed by atoms with van der Waals surface area (Å²) in [6.07, 6.45) is 1.58. The number of aliphatic imine (C=N–C) groups is 1. The molecule has 2 heterocycles. The highest BCUT2D eigenvalue weighted by atomic mass is 127. The second kappa shape index (κ2) is 13.2. The van der Waals surface area contributed by atoms with Gasteiger partial charge in [0.1, 0.15) is 5.75 Å². The molecule has 2 unspecified atom stereocenters. The molecule has 0 spiro atoms. The first-order valence-electron chi connectivity index (χ1n) is 11.4. The van der Waals surface area contributed by atoms with E-state index >= 15 is 0 Å². The predicted molar refractivity (Wildman–Crippen MR) is 138 cm³/mol. The van der Waals surface area contributed by atoms with Crippen molar-refractivity contribution in [3.8, 4) is 5.75 Å². The first-order valence-corrected chi connectivity index (χ1v) is 11.4. The Bertz CT molecular complexity index is 732. The van der Waals surface area contributed by atoms with Gasteiger partial charge in [-0.05, 0) is 44.4 Å². The lowest BCUT2D eigenvalue weighted by Crippen LogP contribution is -2.57. The van der Waals surface area contributed by atoms with Gasteiger partial charge in [0.25, 0.3) is 0 Å². The van der Waals surface area contributed by atoms with Crippen molar-refractivity contribution in [1.82, 2.24) is 20.0 Å². The SMILES string of the molecule is CCNC(=NCC(O)c1ccc(OC)cc1)N1CCN(C(C)C(=O)N2CCCC2)CC1.I. The fourth-order valence-corrected chi connectivity index (χ4v) is 4.21. The van der Waals surface area contributed by atoms with Gasteiger partial charge in [0.05, 0.1) is 25.8 Å². The molecule has 0 aromatic heterocycles. The molecule has 0 bridgehead atoms. The molecule has 8 nitrogen and oxygen atoms in total. The molecule has 1 amide bonds. The first kappa shape index (κ1) is 26.7. The number of likely N-dealkylation sites (tertiary alicyclic amines) is 1. The van der Waals surface area contributed by atoms with Gasteiger partial charge < -0.3 is 25.0 Å². The Morgan fingerprint density at radius 3 is 2.28 bits per heavy atom. The number of hydrogen-bond acceptors (Lipinski definition) is 5. The monoisotopic (exact) mass is 559 g/mol. The Morgan fingerprint density at radius 2 is 1.72 bits per heavy atom. The van der Waals surface area contributed by atoms with Crippen LogP contribution in [-0.2, 0) is 4.79 Å². The van der Waals surface area contributed by atoms with Crippen LogP contribution in [0.15, 0.2) is 29.3 Å². The van der Waals surface area contributed by atoms with Gasteiger partial charge in [0, 0.05) is 45.8 Å². The van der Waals surface area contributed by atoms with Crippen molar-refractivity contribution in [2.75, 3.05) is 59.5 Å². The molecule has 2 atom stereocenters. The van der Waals surface area contributed by atoms with E-state index in [1.165, 1.54) is 0 Å². The minimum atomic E-state index is -0.668. The highest BCUT2D eigenvalue weighted by molar-refractivity contribution is 14.0. The normalized spacial score (nSPS) is 19.3. The van der Waals surface area contributed by atoms with Crippen LogP contribution in [0.3, 0.4) is 0 Å². The standard InChI is InChI=1S/C23H37N5O3.HI/c1-4-24-23(25-17-21(29)19-7-9-20(31-3)10-8-19)28-15-13-26(14-16-28)18(2)22(30)27-11-5-6-12-27;/h7-10,18,21,29H,4-6,11-17H2,1-3H3,(H,24,25);1H. The molecule has 2 aliphatic rings. The molecule has 0 aliphatic carbocycles. The molecule has 2 aliphatic heterocycles. The second-order valence-corrected chi connectivity index (χ2v) is 8.21. The largest absolute Gasteiger partial charge is 0.497 e. The number of hydrogen-bond donors (Lipinski definition) is 2. The number of aliphatic hydroxyl groups excluding tert-OH is 1. The van der Waals surface area contributed by atoms with Gasteiger partial charge in [-0.15, -0.1) is 24.0 Å². The van der Waals surface area contributed by atoms with E-state index in [-0.39, 0.29) is 35.9 Å². The van der Waals surface area contributed by atoms with Gasteiger partial charge in [-0.25, -0.2) is 0 Å². The highest BCUT2D eigenvalue weighted by Gasteiger charge is 2.30. The number of halogens is 1. The number of rotatable bonds is 7. The fraction of sp³-hybridized carbons (Fsp3) is 0.652. The summed E-state index contributed by atoms with van der Waals surface area (Å²) in [5.41, 5.74) is 0.819. The number of carbonyl (C=O) groups excluding carboxylic acids is 1. The van der Waals surface area contributed by atoms with Crippen molar-refractivity contribution in [3.63, 3.8) is 0 Å². The summed E-state index contributed by atoms with van der Waals surface area (Å²) < 4.78 is 5.17. The maximum Gasteiger partial charge on any atom is 0.239 e. The summed E-state index contributed by atoms with van der Waals surface area (Å²) >= 11 is 0. The molecule has 180 valence electrons. The Kier molecular flexibility index (Phi) is 11.0. The number of aliphatic hydroxyl groups is 1. The van der Waals surface area contributed by atoms with E-state index in [1.54, 1.807) is 7.11 Å². The van der Waals surface area contributed by atoms with Gasteiger partial charge >= 0.3 is 0 Å². The Hall–Kier alpha value is -1.59.